The van der Waals surface area contributed by atoms with Crippen molar-refractivity contribution in [2.24, 2.45) is 17.8 Å². The highest BCUT2D eigenvalue weighted by molar-refractivity contribution is 5.72. The summed E-state index contributed by atoms with van der Waals surface area (Å²) in [7, 11) is 0. The number of ether oxygens (including phenoxy) is 4. The first-order valence-corrected chi connectivity index (χ1v) is 34.4. The van der Waals surface area contributed by atoms with Gasteiger partial charge in [0.1, 0.15) is 0 Å². The average Bonchev–Trinajstić information content (AvgIpc) is 3.43. The topological polar surface area (TPSA) is 103 Å². The van der Waals surface area contributed by atoms with E-state index in [2.05, 4.69) is 51.8 Å². The van der Waals surface area contributed by atoms with Crippen LogP contribution in [0.25, 0.3) is 0 Å². The maximum Gasteiger partial charge on any atom is 0.308 e. The van der Waals surface area contributed by atoms with Gasteiger partial charge in [-0.15, -0.1) is 0 Å². The monoisotopic (exact) mass is 1090 g/mol. The maximum absolute atomic E-state index is 13.2. The van der Waals surface area contributed by atoms with Gasteiger partial charge in [0.25, 0.3) is 0 Å². The van der Waals surface area contributed by atoms with E-state index in [0.717, 1.165) is 161 Å². The predicted molar refractivity (Wildman–Crippen MR) is 330 cm³/mol. The zero-order valence-corrected chi connectivity index (χ0v) is 52.6. The molecule has 1 N–H and O–H groups in total. The summed E-state index contributed by atoms with van der Waals surface area (Å²) in [5.74, 6) is 0.881. The van der Waals surface area contributed by atoms with Crippen LogP contribution >= 0.6 is 0 Å². The molecule has 0 saturated carbocycles. The smallest absolute Gasteiger partial charge is 0.308 e. The lowest BCUT2D eigenvalue weighted by Crippen LogP contribution is -2.28. The number of hydrogen-bond donors (Lipinski definition) is 1. The molecule has 458 valence electrons. The van der Waals surface area contributed by atoms with Crippen LogP contribution < -0.4 is 5.32 Å². The van der Waals surface area contributed by atoms with Gasteiger partial charge in [-0.05, 0) is 122 Å². The van der Waals surface area contributed by atoms with Gasteiger partial charge in [0.05, 0.1) is 38.3 Å². The third-order valence-electron chi connectivity index (χ3n) is 16.2. The number of nitrogens with one attached hydrogen (secondary N) is 1. The molecule has 0 aliphatic carbocycles. The molecule has 0 rings (SSSR count). The van der Waals surface area contributed by atoms with Gasteiger partial charge in [0.15, 0.2) is 0 Å². The second-order valence-electron chi connectivity index (χ2n) is 23.6. The summed E-state index contributed by atoms with van der Waals surface area (Å²) < 4.78 is 23.6. The van der Waals surface area contributed by atoms with E-state index in [0.29, 0.717) is 38.8 Å². The van der Waals surface area contributed by atoms with Crippen LogP contribution in [0.4, 0.5) is 0 Å². The standard InChI is InChI=1S/C68H134N2O7/c1-7-13-19-25-27-36-49-64(47-34-23-17-11-5)67(72)76-60-41-29-38-53-69-54-62-74-58-44-57-70(55-39-30-42-59-75-66(71)52-51-63(45-32-21-15-9-3)46-33-22-16-10-4)56-40-31-43-61-77-68(73)65(48-35-24-18-12-6)50-37-28-26-20-14-8-2/h63-65,69H,7-62H2,1-6H3. The SMILES string of the molecule is CCCCCCCCC(CCCCCC)C(=O)OCCCCCNCCOCCCN(CCCCCOC(=O)CCC(CCCCCC)CCCCCC)CCCCCOC(=O)C(CCCCCC)CCCCCCCC. The quantitative estimate of drug-likeness (QED) is 0.0362. The molecule has 77 heavy (non-hydrogen) atoms. The fourth-order valence-corrected chi connectivity index (χ4v) is 10.9. The van der Waals surface area contributed by atoms with Gasteiger partial charge in [-0.1, -0.05) is 234 Å². The van der Waals surface area contributed by atoms with Crippen LogP contribution in [-0.4, -0.2) is 88.6 Å². The van der Waals surface area contributed by atoms with Crippen molar-refractivity contribution in [1.82, 2.24) is 10.2 Å². The van der Waals surface area contributed by atoms with Crippen LogP contribution in [-0.2, 0) is 33.3 Å². The Morgan fingerprint density at radius 1 is 0.325 bits per heavy atom. The minimum absolute atomic E-state index is 0.00942. The molecule has 2 atom stereocenters. The second kappa shape index (κ2) is 61.9. The zero-order valence-electron chi connectivity index (χ0n) is 52.6. The molecule has 2 unspecified atom stereocenters. The Morgan fingerprint density at radius 2 is 0.675 bits per heavy atom. The van der Waals surface area contributed by atoms with Crippen molar-refractivity contribution >= 4 is 17.9 Å². The summed E-state index contributed by atoms with van der Waals surface area (Å²) >= 11 is 0. The lowest BCUT2D eigenvalue weighted by molar-refractivity contribution is -0.150. The number of nitrogens with zero attached hydrogens (tertiary/aromatic N) is 1. The van der Waals surface area contributed by atoms with Crippen LogP contribution in [0.3, 0.4) is 0 Å². The highest BCUT2D eigenvalue weighted by atomic mass is 16.5. The number of esters is 3. The van der Waals surface area contributed by atoms with E-state index >= 15 is 0 Å². The summed E-state index contributed by atoms with van der Waals surface area (Å²) in [5, 5.41) is 3.55. The van der Waals surface area contributed by atoms with Crippen molar-refractivity contribution in [3.05, 3.63) is 0 Å². The number of carbonyl (C=O) groups excluding carboxylic acids is 3. The summed E-state index contributed by atoms with van der Waals surface area (Å²) in [6, 6.07) is 0. The van der Waals surface area contributed by atoms with Gasteiger partial charge >= 0.3 is 17.9 Å². The molecule has 0 radical (unpaired) electrons. The lowest BCUT2D eigenvalue weighted by atomic mass is 9.90. The van der Waals surface area contributed by atoms with Crippen LogP contribution in [0.2, 0.25) is 0 Å². The summed E-state index contributed by atoms with van der Waals surface area (Å²) in [4.78, 5) is 41.6. The van der Waals surface area contributed by atoms with E-state index in [1.165, 1.54) is 167 Å². The molecule has 9 nitrogen and oxygen atoms in total. The summed E-state index contributed by atoms with van der Waals surface area (Å²) in [6.45, 7) is 21.5. The molecule has 0 aliphatic heterocycles. The first-order valence-electron chi connectivity index (χ1n) is 34.4. The van der Waals surface area contributed by atoms with E-state index < -0.39 is 0 Å². The minimum Gasteiger partial charge on any atom is -0.466 e. The Balaban J connectivity index is 4.80. The second-order valence-corrected chi connectivity index (χ2v) is 23.6. The lowest BCUT2D eigenvalue weighted by Gasteiger charge is -2.22. The highest BCUT2D eigenvalue weighted by Crippen LogP contribution is 2.25. The fraction of sp³-hybridized carbons (Fsp3) is 0.956. The molecule has 0 fully saturated rings. The first-order chi connectivity index (χ1) is 37.9. The van der Waals surface area contributed by atoms with Crippen molar-refractivity contribution in [1.29, 1.82) is 0 Å². The van der Waals surface area contributed by atoms with Crippen LogP contribution in [0.5, 0.6) is 0 Å². The molecule has 0 heterocycles. The Bertz CT molecular complexity index is 1210. The van der Waals surface area contributed by atoms with E-state index in [1.807, 2.05) is 0 Å². The Labute approximate surface area is 479 Å². The summed E-state index contributed by atoms with van der Waals surface area (Å²) in [6.07, 6.45) is 53.4. The third kappa shape index (κ3) is 53.4. The average molecular weight is 1090 g/mol. The van der Waals surface area contributed by atoms with Gasteiger partial charge in [0, 0.05) is 26.1 Å². The molecule has 9 heteroatoms. The Morgan fingerprint density at radius 3 is 1.12 bits per heavy atom. The van der Waals surface area contributed by atoms with E-state index in [-0.39, 0.29) is 29.7 Å². The summed E-state index contributed by atoms with van der Waals surface area (Å²) in [5.41, 5.74) is 0. The number of rotatable bonds is 64. The van der Waals surface area contributed by atoms with Gasteiger partial charge in [-0.25, -0.2) is 0 Å². The van der Waals surface area contributed by atoms with Gasteiger partial charge in [-0.3, -0.25) is 14.4 Å². The molecule has 0 aliphatic rings. The molecule has 0 aromatic heterocycles. The van der Waals surface area contributed by atoms with Crippen LogP contribution in [0, 0.1) is 17.8 Å². The fourth-order valence-electron chi connectivity index (χ4n) is 10.9. The molecule has 0 saturated heterocycles. The van der Waals surface area contributed by atoms with Gasteiger partial charge < -0.3 is 29.2 Å². The molecule has 0 amide bonds. The van der Waals surface area contributed by atoms with Crippen LogP contribution in [0.1, 0.15) is 337 Å². The predicted octanol–water partition coefficient (Wildman–Crippen LogP) is 19.4. The molecule has 0 bridgehead atoms. The van der Waals surface area contributed by atoms with Gasteiger partial charge in [-0.2, -0.15) is 0 Å². The van der Waals surface area contributed by atoms with Crippen molar-refractivity contribution in [3.63, 3.8) is 0 Å². The van der Waals surface area contributed by atoms with E-state index in [9.17, 15) is 14.4 Å². The first kappa shape index (κ1) is 75.3. The van der Waals surface area contributed by atoms with E-state index in [1.54, 1.807) is 0 Å². The Kier molecular flexibility index (Phi) is 60.5. The molecule has 0 aromatic carbocycles. The number of carbonyl (C=O) groups is 3. The molecule has 0 aromatic rings. The van der Waals surface area contributed by atoms with E-state index in [4.69, 9.17) is 18.9 Å². The van der Waals surface area contributed by atoms with Crippen LogP contribution in [0.15, 0.2) is 0 Å². The maximum atomic E-state index is 13.2. The van der Waals surface area contributed by atoms with Crippen molar-refractivity contribution in [2.75, 3.05) is 65.8 Å². The van der Waals surface area contributed by atoms with Crippen molar-refractivity contribution in [2.45, 2.75) is 337 Å². The van der Waals surface area contributed by atoms with Crippen molar-refractivity contribution < 1.29 is 33.3 Å². The number of unbranched alkanes of at least 4 members (excludes halogenated alkanes) is 28. The minimum atomic E-state index is -0.00942. The Hall–Kier alpha value is -1.71. The zero-order chi connectivity index (χ0) is 56.2. The van der Waals surface area contributed by atoms with Gasteiger partial charge in [0.2, 0.25) is 0 Å². The van der Waals surface area contributed by atoms with Crippen molar-refractivity contribution in [3.8, 4) is 0 Å². The molecular weight excluding hydrogens is 957 g/mol. The highest BCUT2D eigenvalue weighted by Gasteiger charge is 2.21. The molecule has 0 spiro atoms. The normalized spacial score (nSPS) is 12.5. The number of hydrogen-bond acceptors (Lipinski definition) is 9. The largest absolute Gasteiger partial charge is 0.466 e. The molecular formula is C68H134N2O7. The third-order valence-corrected chi connectivity index (χ3v) is 16.2.